The van der Waals surface area contributed by atoms with Gasteiger partial charge in [0.05, 0.1) is 13.7 Å². The average Bonchev–Trinajstić information content (AvgIpc) is 3.13. The third-order valence-electron chi connectivity index (χ3n) is 4.53. The summed E-state index contributed by atoms with van der Waals surface area (Å²) in [6.45, 7) is 3.57. The lowest BCUT2D eigenvalue weighted by atomic mass is 10.1. The van der Waals surface area contributed by atoms with Gasteiger partial charge in [-0.1, -0.05) is 30.3 Å². The Morgan fingerprint density at radius 3 is 2.56 bits per heavy atom. The molecule has 1 N–H and O–H groups in total. The molecule has 1 fully saturated rings. The molecule has 0 atom stereocenters. The number of rotatable bonds is 5. The van der Waals surface area contributed by atoms with Gasteiger partial charge in [-0.25, -0.2) is 4.79 Å². The van der Waals surface area contributed by atoms with E-state index in [-0.39, 0.29) is 18.0 Å². The monoisotopic (exact) mass is 388 g/mol. The van der Waals surface area contributed by atoms with Gasteiger partial charge in [0.25, 0.3) is 5.91 Å². The maximum absolute atomic E-state index is 12.8. The van der Waals surface area contributed by atoms with Gasteiger partial charge in [-0.2, -0.15) is 0 Å². The third kappa shape index (κ3) is 4.60. The fourth-order valence-corrected chi connectivity index (χ4v) is 4.14. The minimum absolute atomic E-state index is 0.0372. The second-order valence-electron chi connectivity index (χ2n) is 6.31. The Hall–Kier alpha value is -2.54. The molecule has 1 aromatic carbocycles. The fourth-order valence-electron chi connectivity index (χ4n) is 3.13. The number of nitrogens with one attached hydrogen (secondary N) is 1. The summed E-state index contributed by atoms with van der Waals surface area (Å²) in [5, 5.41) is 3.09. The number of ether oxygens (including phenoxy) is 2. The molecule has 0 saturated carbocycles. The van der Waals surface area contributed by atoms with Crippen molar-refractivity contribution in [2.45, 2.75) is 25.8 Å². The molecule has 0 bridgehead atoms. The zero-order valence-electron chi connectivity index (χ0n) is 15.6. The lowest BCUT2D eigenvalue weighted by molar-refractivity contribution is 0.0893. The van der Waals surface area contributed by atoms with E-state index in [1.807, 2.05) is 43.3 Å². The first kappa shape index (κ1) is 19.2. The summed E-state index contributed by atoms with van der Waals surface area (Å²) in [7, 11) is 1.38. The van der Waals surface area contributed by atoms with Gasteiger partial charge in [-0.05, 0) is 31.4 Å². The molecule has 1 aliphatic rings. The highest BCUT2D eigenvalue weighted by molar-refractivity contribution is 7.17. The minimum atomic E-state index is -0.316. The summed E-state index contributed by atoms with van der Waals surface area (Å²) in [6.07, 6.45) is 1.10. The second-order valence-corrected chi connectivity index (χ2v) is 7.36. The number of amides is 2. The van der Waals surface area contributed by atoms with E-state index in [1.54, 1.807) is 4.90 Å². The Morgan fingerprint density at radius 2 is 1.93 bits per heavy atom. The number of thiophene rings is 1. The van der Waals surface area contributed by atoms with Crippen molar-refractivity contribution >= 4 is 23.3 Å². The van der Waals surface area contributed by atoms with Crippen LogP contribution in [-0.2, 0) is 4.74 Å². The lowest BCUT2D eigenvalue weighted by Crippen LogP contribution is -2.46. The van der Waals surface area contributed by atoms with Crippen LogP contribution < -0.4 is 10.1 Å². The van der Waals surface area contributed by atoms with E-state index in [4.69, 9.17) is 9.47 Å². The van der Waals surface area contributed by atoms with Crippen LogP contribution in [0.4, 0.5) is 4.79 Å². The zero-order chi connectivity index (χ0) is 19.2. The summed E-state index contributed by atoms with van der Waals surface area (Å²) in [6, 6.07) is 11.9. The van der Waals surface area contributed by atoms with Crippen LogP contribution in [-0.4, -0.2) is 49.7 Å². The number of piperidine rings is 1. The van der Waals surface area contributed by atoms with Gasteiger partial charge >= 0.3 is 6.09 Å². The summed E-state index contributed by atoms with van der Waals surface area (Å²) < 4.78 is 10.4. The van der Waals surface area contributed by atoms with Crippen LogP contribution in [0.15, 0.2) is 36.4 Å². The number of carbonyl (C=O) groups is 2. The number of carbonyl (C=O) groups excluding carboxylic acids is 2. The molecule has 0 unspecified atom stereocenters. The third-order valence-corrected chi connectivity index (χ3v) is 5.69. The van der Waals surface area contributed by atoms with Crippen molar-refractivity contribution in [1.82, 2.24) is 10.2 Å². The molecule has 27 heavy (non-hydrogen) atoms. The van der Waals surface area contributed by atoms with Crippen LogP contribution in [0.2, 0.25) is 0 Å². The molecule has 2 aromatic rings. The molecule has 0 aliphatic carbocycles. The van der Waals surface area contributed by atoms with Crippen LogP contribution in [0.3, 0.4) is 0 Å². The lowest BCUT2D eigenvalue weighted by Gasteiger charge is -2.31. The van der Waals surface area contributed by atoms with Gasteiger partial charge in [0.2, 0.25) is 0 Å². The van der Waals surface area contributed by atoms with Gasteiger partial charge in [0.1, 0.15) is 10.6 Å². The van der Waals surface area contributed by atoms with Gasteiger partial charge < -0.3 is 19.7 Å². The number of methoxy groups -OCH3 is 1. The molecule has 7 heteroatoms. The molecular formula is C20H24N2O4S. The van der Waals surface area contributed by atoms with E-state index < -0.39 is 0 Å². The highest BCUT2D eigenvalue weighted by Crippen LogP contribution is 2.36. The molecule has 1 aliphatic heterocycles. The van der Waals surface area contributed by atoms with Crippen molar-refractivity contribution in [3.05, 3.63) is 41.3 Å². The van der Waals surface area contributed by atoms with Crippen LogP contribution in [0, 0.1) is 0 Å². The summed E-state index contributed by atoms with van der Waals surface area (Å²) >= 11 is 1.44. The number of nitrogens with zero attached hydrogens (tertiary/aromatic N) is 1. The second kappa shape index (κ2) is 8.90. The molecule has 2 heterocycles. The van der Waals surface area contributed by atoms with Crippen molar-refractivity contribution in [3.63, 3.8) is 0 Å². The summed E-state index contributed by atoms with van der Waals surface area (Å²) in [5.41, 5.74) is 1.06. The van der Waals surface area contributed by atoms with Gasteiger partial charge in [0, 0.05) is 24.0 Å². The number of hydrogen-bond acceptors (Lipinski definition) is 5. The molecule has 1 aromatic heterocycles. The first-order valence-electron chi connectivity index (χ1n) is 9.08. The van der Waals surface area contributed by atoms with Crippen LogP contribution in [0.1, 0.15) is 29.4 Å². The maximum Gasteiger partial charge on any atom is 0.409 e. The topological polar surface area (TPSA) is 67.9 Å². The molecule has 144 valence electrons. The predicted molar refractivity (Wildman–Crippen MR) is 105 cm³/mol. The van der Waals surface area contributed by atoms with Crippen molar-refractivity contribution in [1.29, 1.82) is 0 Å². The van der Waals surface area contributed by atoms with E-state index in [2.05, 4.69) is 5.32 Å². The summed E-state index contributed by atoms with van der Waals surface area (Å²) in [5.74, 6) is 0.494. The van der Waals surface area contributed by atoms with E-state index in [9.17, 15) is 9.59 Å². The number of likely N-dealkylation sites (tertiary alicyclic amines) is 1. The van der Waals surface area contributed by atoms with Crippen molar-refractivity contribution < 1.29 is 19.1 Å². The standard InChI is InChI=1S/C20H24N2O4S/c1-3-26-16-13-17(14-7-5-4-6-8-14)27-18(16)19(23)21-15-9-11-22(12-10-15)20(24)25-2/h4-8,13,15H,3,9-12H2,1-2H3,(H,21,23). The van der Waals surface area contributed by atoms with Crippen molar-refractivity contribution in [3.8, 4) is 16.2 Å². The van der Waals surface area contributed by atoms with Crippen LogP contribution in [0.5, 0.6) is 5.75 Å². The Kier molecular flexibility index (Phi) is 6.34. The molecule has 0 radical (unpaired) electrons. The molecular weight excluding hydrogens is 364 g/mol. The van der Waals surface area contributed by atoms with Crippen LogP contribution in [0.25, 0.3) is 10.4 Å². The highest BCUT2D eigenvalue weighted by atomic mass is 32.1. The van der Waals surface area contributed by atoms with Gasteiger partial charge in [-0.15, -0.1) is 11.3 Å². The fraction of sp³-hybridized carbons (Fsp3) is 0.400. The molecule has 6 nitrogen and oxygen atoms in total. The highest BCUT2D eigenvalue weighted by Gasteiger charge is 2.26. The Labute approximate surface area is 163 Å². The molecule has 0 spiro atoms. The van der Waals surface area contributed by atoms with Crippen molar-refractivity contribution in [2.75, 3.05) is 26.8 Å². The first-order chi connectivity index (χ1) is 13.1. The Balaban J connectivity index is 1.69. The summed E-state index contributed by atoms with van der Waals surface area (Å²) in [4.78, 5) is 27.7. The molecule has 3 rings (SSSR count). The Morgan fingerprint density at radius 1 is 1.22 bits per heavy atom. The number of benzene rings is 1. The largest absolute Gasteiger partial charge is 0.492 e. The average molecular weight is 388 g/mol. The minimum Gasteiger partial charge on any atom is -0.492 e. The zero-order valence-corrected chi connectivity index (χ0v) is 16.4. The van der Waals surface area contributed by atoms with Crippen LogP contribution >= 0.6 is 11.3 Å². The maximum atomic E-state index is 12.8. The van der Waals surface area contributed by atoms with Gasteiger partial charge in [0.15, 0.2) is 0 Å². The Bertz CT molecular complexity index is 783. The normalized spacial score (nSPS) is 14.7. The SMILES string of the molecule is CCOc1cc(-c2ccccc2)sc1C(=O)NC1CCN(C(=O)OC)CC1. The first-order valence-corrected chi connectivity index (χ1v) is 9.89. The smallest absolute Gasteiger partial charge is 0.409 e. The number of hydrogen-bond donors (Lipinski definition) is 1. The van der Waals surface area contributed by atoms with Gasteiger partial charge in [-0.3, -0.25) is 4.79 Å². The molecule has 2 amide bonds. The predicted octanol–water partition coefficient (Wildman–Crippen LogP) is 3.77. The van der Waals surface area contributed by atoms with E-state index in [0.717, 1.165) is 10.4 Å². The van der Waals surface area contributed by atoms with E-state index >= 15 is 0 Å². The van der Waals surface area contributed by atoms with E-state index in [0.29, 0.717) is 43.2 Å². The van der Waals surface area contributed by atoms with Crippen molar-refractivity contribution in [2.24, 2.45) is 0 Å². The van der Waals surface area contributed by atoms with E-state index in [1.165, 1.54) is 18.4 Å². The quantitative estimate of drug-likeness (QED) is 0.847. The molecule has 1 saturated heterocycles.